The molecule has 0 saturated heterocycles. The molecule has 0 fully saturated rings. The summed E-state index contributed by atoms with van der Waals surface area (Å²) in [7, 11) is 0. The van der Waals surface area contributed by atoms with Crippen LogP contribution < -0.4 is 5.73 Å². The molecule has 112 valence electrons. The van der Waals surface area contributed by atoms with Gasteiger partial charge in [-0.3, -0.25) is 4.79 Å². The van der Waals surface area contributed by atoms with Crippen LogP contribution in [0.15, 0.2) is 42.5 Å². The maximum Gasteiger partial charge on any atom is 0.323 e. The molecule has 0 aliphatic heterocycles. The Hall–Kier alpha value is -1.87. The number of carbonyl (C=O) groups excluding carboxylic acids is 1. The summed E-state index contributed by atoms with van der Waals surface area (Å²) < 4.78 is 5.21. The zero-order valence-electron chi connectivity index (χ0n) is 12.5. The first-order valence-electron chi connectivity index (χ1n) is 7.57. The molecule has 1 atom stereocenters. The summed E-state index contributed by atoms with van der Waals surface area (Å²) >= 11 is 0. The number of hydrogen-bond donors (Lipinski definition) is 1. The minimum atomic E-state index is -0.586. The van der Waals surface area contributed by atoms with Crippen LogP contribution in [0.25, 0.3) is 5.57 Å². The summed E-state index contributed by atoms with van der Waals surface area (Å²) in [5.74, 6) is -0.315. The third-order valence-electron chi connectivity index (χ3n) is 3.61. The third-order valence-corrected chi connectivity index (χ3v) is 3.61. The van der Waals surface area contributed by atoms with Crippen LogP contribution in [0.1, 0.15) is 37.3 Å². The van der Waals surface area contributed by atoms with Crippen molar-refractivity contribution in [1.82, 2.24) is 0 Å². The van der Waals surface area contributed by atoms with Gasteiger partial charge in [0.1, 0.15) is 6.04 Å². The molecule has 1 aliphatic carbocycles. The number of ether oxygens (including phenoxy) is 1. The van der Waals surface area contributed by atoms with E-state index in [0.717, 1.165) is 24.8 Å². The highest BCUT2D eigenvalue weighted by molar-refractivity contribution is 5.81. The lowest BCUT2D eigenvalue weighted by Crippen LogP contribution is -2.32. The average Bonchev–Trinajstić information content (AvgIpc) is 2.90. The second kappa shape index (κ2) is 7.79. The van der Waals surface area contributed by atoms with Crippen molar-refractivity contribution in [3.63, 3.8) is 0 Å². The predicted molar refractivity (Wildman–Crippen MR) is 85.7 cm³/mol. The fourth-order valence-electron chi connectivity index (χ4n) is 2.49. The lowest BCUT2D eigenvalue weighted by atomic mass is 10.0. The number of allylic oxidation sites excluding steroid dienone is 2. The van der Waals surface area contributed by atoms with Gasteiger partial charge in [-0.2, -0.15) is 0 Å². The zero-order valence-corrected chi connectivity index (χ0v) is 12.5. The van der Waals surface area contributed by atoms with Crippen molar-refractivity contribution >= 4 is 11.5 Å². The van der Waals surface area contributed by atoms with Crippen LogP contribution in [0, 0.1) is 0 Å². The molecule has 1 aromatic rings. The molecule has 2 N–H and O–H groups in total. The van der Waals surface area contributed by atoms with E-state index < -0.39 is 6.04 Å². The van der Waals surface area contributed by atoms with E-state index in [4.69, 9.17) is 10.5 Å². The van der Waals surface area contributed by atoms with Gasteiger partial charge in [0.05, 0.1) is 6.61 Å². The second-order valence-corrected chi connectivity index (χ2v) is 5.24. The molecule has 0 heterocycles. The monoisotopic (exact) mass is 285 g/mol. The number of esters is 1. The summed E-state index contributed by atoms with van der Waals surface area (Å²) in [6.07, 6.45) is 9.46. The lowest BCUT2D eigenvalue weighted by molar-refractivity contribution is -0.144. The van der Waals surface area contributed by atoms with Crippen LogP contribution in [-0.2, 0) is 16.0 Å². The molecule has 0 radical (unpaired) electrons. The van der Waals surface area contributed by atoms with Crippen LogP contribution in [0.5, 0.6) is 0 Å². The molecule has 1 aliphatic rings. The van der Waals surface area contributed by atoms with Gasteiger partial charge in [0.2, 0.25) is 0 Å². The SMILES string of the molecule is CC/C=C\CCOC(=O)[C@@H](N)CC1=CCc2ccccc21. The van der Waals surface area contributed by atoms with E-state index in [2.05, 4.69) is 31.2 Å². The van der Waals surface area contributed by atoms with Crippen LogP contribution >= 0.6 is 0 Å². The van der Waals surface area contributed by atoms with Crippen molar-refractivity contribution in [1.29, 1.82) is 0 Å². The van der Waals surface area contributed by atoms with E-state index in [9.17, 15) is 4.79 Å². The Morgan fingerprint density at radius 1 is 1.38 bits per heavy atom. The molecule has 0 spiro atoms. The van der Waals surface area contributed by atoms with Crippen molar-refractivity contribution < 1.29 is 9.53 Å². The van der Waals surface area contributed by atoms with E-state index in [1.165, 1.54) is 11.1 Å². The molecule has 0 aromatic heterocycles. The Morgan fingerprint density at radius 3 is 3.00 bits per heavy atom. The van der Waals surface area contributed by atoms with Gasteiger partial charge in [0.25, 0.3) is 0 Å². The first-order valence-corrected chi connectivity index (χ1v) is 7.57. The van der Waals surface area contributed by atoms with Crippen LogP contribution in [0.4, 0.5) is 0 Å². The third kappa shape index (κ3) is 4.30. The van der Waals surface area contributed by atoms with Gasteiger partial charge in [-0.05, 0) is 42.4 Å². The number of nitrogens with two attached hydrogens (primary N) is 1. The Balaban J connectivity index is 1.81. The van der Waals surface area contributed by atoms with Gasteiger partial charge in [-0.1, -0.05) is 49.4 Å². The Bertz CT molecular complexity index is 546. The number of carbonyl (C=O) groups is 1. The number of hydrogen-bond acceptors (Lipinski definition) is 3. The minimum absolute atomic E-state index is 0.315. The predicted octanol–water partition coefficient (Wildman–Crippen LogP) is 3.24. The fourth-order valence-corrected chi connectivity index (χ4v) is 2.49. The first kappa shape index (κ1) is 15.5. The van der Waals surface area contributed by atoms with Gasteiger partial charge >= 0.3 is 5.97 Å². The van der Waals surface area contributed by atoms with Gasteiger partial charge in [-0.25, -0.2) is 0 Å². The van der Waals surface area contributed by atoms with E-state index in [-0.39, 0.29) is 5.97 Å². The fraction of sp³-hybridized carbons (Fsp3) is 0.389. The van der Waals surface area contributed by atoms with Gasteiger partial charge in [0, 0.05) is 0 Å². The van der Waals surface area contributed by atoms with Crippen LogP contribution in [0.3, 0.4) is 0 Å². The highest BCUT2D eigenvalue weighted by Gasteiger charge is 2.21. The summed E-state index contributed by atoms with van der Waals surface area (Å²) in [5.41, 5.74) is 9.63. The molecular formula is C18H23NO2. The number of rotatable bonds is 7. The molecular weight excluding hydrogens is 262 g/mol. The van der Waals surface area contributed by atoms with E-state index in [0.29, 0.717) is 13.0 Å². The van der Waals surface area contributed by atoms with Crippen molar-refractivity contribution in [2.24, 2.45) is 5.73 Å². The number of benzene rings is 1. The highest BCUT2D eigenvalue weighted by atomic mass is 16.5. The molecule has 3 heteroatoms. The van der Waals surface area contributed by atoms with E-state index in [1.54, 1.807) is 0 Å². The van der Waals surface area contributed by atoms with E-state index >= 15 is 0 Å². The van der Waals surface area contributed by atoms with Gasteiger partial charge in [0.15, 0.2) is 0 Å². The Morgan fingerprint density at radius 2 is 2.19 bits per heavy atom. The van der Waals surface area contributed by atoms with Crippen molar-refractivity contribution in [2.75, 3.05) is 6.61 Å². The van der Waals surface area contributed by atoms with Crippen LogP contribution in [0.2, 0.25) is 0 Å². The molecule has 2 rings (SSSR count). The maximum atomic E-state index is 11.9. The normalized spacial score (nSPS) is 14.9. The second-order valence-electron chi connectivity index (χ2n) is 5.24. The van der Waals surface area contributed by atoms with Crippen molar-refractivity contribution in [2.45, 2.75) is 38.6 Å². The Kier molecular flexibility index (Phi) is 5.76. The minimum Gasteiger partial charge on any atom is -0.464 e. The quantitative estimate of drug-likeness (QED) is 0.475. The summed E-state index contributed by atoms with van der Waals surface area (Å²) in [5, 5.41) is 0. The first-order chi connectivity index (χ1) is 10.2. The molecule has 0 saturated carbocycles. The standard InChI is InChI=1S/C18H23NO2/c1-2-3-4-7-12-21-18(20)17(19)13-15-11-10-14-8-5-6-9-16(14)15/h3-6,8-9,11,17H,2,7,10,12-13,19H2,1H3/b4-3-/t17-/m0/s1. The lowest BCUT2D eigenvalue weighted by Gasteiger charge is -2.12. The molecule has 0 bridgehead atoms. The van der Waals surface area contributed by atoms with Gasteiger partial charge < -0.3 is 10.5 Å². The maximum absolute atomic E-state index is 11.9. The summed E-state index contributed by atoms with van der Waals surface area (Å²) in [6.45, 7) is 2.48. The zero-order chi connectivity index (χ0) is 15.1. The topological polar surface area (TPSA) is 52.3 Å². The largest absolute Gasteiger partial charge is 0.464 e. The summed E-state index contributed by atoms with van der Waals surface area (Å²) in [6, 6.07) is 7.66. The molecule has 3 nitrogen and oxygen atoms in total. The molecule has 0 amide bonds. The summed E-state index contributed by atoms with van der Waals surface area (Å²) in [4.78, 5) is 11.9. The smallest absolute Gasteiger partial charge is 0.323 e. The molecule has 0 unspecified atom stereocenters. The van der Waals surface area contributed by atoms with Crippen LogP contribution in [-0.4, -0.2) is 18.6 Å². The van der Waals surface area contributed by atoms with E-state index in [1.807, 2.05) is 18.2 Å². The van der Waals surface area contributed by atoms with Crippen molar-refractivity contribution in [3.05, 3.63) is 53.6 Å². The van der Waals surface area contributed by atoms with Crippen molar-refractivity contribution in [3.8, 4) is 0 Å². The van der Waals surface area contributed by atoms with Gasteiger partial charge in [-0.15, -0.1) is 0 Å². The number of fused-ring (bicyclic) bond motifs is 1. The highest BCUT2D eigenvalue weighted by Crippen LogP contribution is 2.30. The average molecular weight is 285 g/mol. The molecule has 21 heavy (non-hydrogen) atoms. The Labute approximate surface area is 126 Å². The molecule has 1 aromatic carbocycles.